The van der Waals surface area contributed by atoms with Crippen LogP contribution in [-0.4, -0.2) is 33.8 Å². The number of hydrogen-bond donors (Lipinski definition) is 1. The van der Waals surface area contributed by atoms with Gasteiger partial charge in [-0.2, -0.15) is 0 Å². The first-order valence-corrected chi connectivity index (χ1v) is 12.0. The Balaban J connectivity index is 1.42. The molecule has 2 aliphatic carbocycles. The number of aliphatic hydroxyl groups excluding tert-OH is 1. The molecule has 6 heteroatoms. The van der Waals surface area contributed by atoms with Gasteiger partial charge >= 0.3 is 0 Å². The van der Waals surface area contributed by atoms with Crippen molar-refractivity contribution in [2.75, 3.05) is 0 Å². The first-order chi connectivity index (χ1) is 17.1. The van der Waals surface area contributed by atoms with E-state index in [1.807, 2.05) is 39.0 Å². The molecule has 2 aromatic rings. The van der Waals surface area contributed by atoms with Crippen molar-refractivity contribution in [1.29, 1.82) is 0 Å². The molecule has 0 aromatic heterocycles. The zero-order valence-electron chi connectivity index (χ0n) is 20.4. The SMILES string of the molecule is C/C(=C\CC1=C(O)c2ccccc2C(=O)C1=O)Cc1ccc2c(c1)C1=C(CCC(C)(C)O1)C(=O)C2=O. The third-order valence-corrected chi connectivity index (χ3v) is 7.01. The molecular weight excluding hydrogens is 456 g/mol. The van der Waals surface area contributed by atoms with Crippen molar-refractivity contribution >= 4 is 34.7 Å². The summed E-state index contributed by atoms with van der Waals surface area (Å²) in [6.45, 7) is 5.83. The van der Waals surface area contributed by atoms with E-state index >= 15 is 0 Å². The summed E-state index contributed by atoms with van der Waals surface area (Å²) in [5, 5.41) is 10.6. The highest BCUT2D eigenvalue weighted by Crippen LogP contribution is 2.41. The van der Waals surface area contributed by atoms with E-state index in [4.69, 9.17) is 4.74 Å². The highest BCUT2D eigenvalue weighted by Gasteiger charge is 2.40. The number of rotatable bonds is 4. The van der Waals surface area contributed by atoms with Gasteiger partial charge in [0, 0.05) is 33.4 Å². The van der Waals surface area contributed by atoms with E-state index in [-0.39, 0.29) is 23.3 Å². The molecule has 5 rings (SSSR count). The van der Waals surface area contributed by atoms with Crippen molar-refractivity contribution in [3.8, 4) is 0 Å². The third kappa shape index (κ3) is 3.92. The lowest BCUT2D eigenvalue weighted by atomic mass is 9.81. The summed E-state index contributed by atoms with van der Waals surface area (Å²) >= 11 is 0. The maximum absolute atomic E-state index is 12.7. The average molecular weight is 483 g/mol. The Morgan fingerprint density at radius 3 is 2.33 bits per heavy atom. The normalized spacial score (nSPS) is 19.1. The Kier molecular flexibility index (Phi) is 5.62. The lowest BCUT2D eigenvalue weighted by molar-refractivity contribution is -0.113. The van der Waals surface area contributed by atoms with Crippen LogP contribution in [-0.2, 0) is 20.7 Å². The molecule has 182 valence electrons. The van der Waals surface area contributed by atoms with Gasteiger partial charge in [0.25, 0.3) is 0 Å². The summed E-state index contributed by atoms with van der Waals surface area (Å²) in [4.78, 5) is 50.4. The Bertz CT molecular complexity index is 1460. The van der Waals surface area contributed by atoms with Crippen molar-refractivity contribution in [2.45, 2.75) is 52.1 Å². The van der Waals surface area contributed by atoms with Crippen LogP contribution in [0.25, 0.3) is 11.5 Å². The third-order valence-electron chi connectivity index (χ3n) is 7.01. The van der Waals surface area contributed by atoms with Crippen LogP contribution in [0.5, 0.6) is 0 Å². The van der Waals surface area contributed by atoms with Gasteiger partial charge in [0.1, 0.15) is 17.1 Å². The number of aliphatic hydroxyl groups is 1. The van der Waals surface area contributed by atoms with Gasteiger partial charge in [-0.3, -0.25) is 19.2 Å². The number of allylic oxidation sites excluding steroid dienone is 4. The standard InChI is InChI=1S/C30H26O6/c1-16(8-10-21-24(31)18-6-4-5-7-19(18)25(32)27(21)34)14-17-9-11-20-23(15-17)29-22(28(35)26(20)33)12-13-30(2,3)36-29/h4-9,11,15,31H,10,12-14H2,1-3H3/b16-8+. The summed E-state index contributed by atoms with van der Waals surface area (Å²) in [5.41, 5.74) is 3.51. The summed E-state index contributed by atoms with van der Waals surface area (Å²) in [5.74, 6) is -1.96. The van der Waals surface area contributed by atoms with Gasteiger partial charge in [0.15, 0.2) is 0 Å². The van der Waals surface area contributed by atoms with E-state index in [0.29, 0.717) is 47.3 Å². The van der Waals surface area contributed by atoms with Crippen molar-refractivity contribution in [3.63, 3.8) is 0 Å². The predicted octanol–water partition coefficient (Wildman–Crippen LogP) is 5.37. The molecular formula is C30H26O6. The second-order valence-electron chi connectivity index (χ2n) is 10.2. The quantitative estimate of drug-likeness (QED) is 0.465. The number of carbonyl (C=O) groups is 4. The summed E-state index contributed by atoms with van der Waals surface area (Å²) in [7, 11) is 0. The lowest BCUT2D eigenvalue weighted by Crippen LogP contribution is -2.34. The molecule has 0 radical (unpaired) electrons. The van der Waals surface area contributed by atoms with Crippen LogP contribution >= 0.6 is 0 Å². The Labute approximate surface area is 209 Å². The molecule has 1 heterocycles. The molecule has 0 amide bonds. The van der Waals surface area contributed by atoms with Crippen LogP contribution in [0.3, 0.4) is 0 Å². The summed E-state index contributed by atoms with van der Waals surface area (Å²) in [6, 6.07) is 11.9. The number of carbonyl (C=O) groups excluding carboxylic acids is 4. The van der Waals surface area contributed by atoms with Gasteiger partial charge in [-0.15, -0.1) is 0 Å². The van der Waals surface area contributed by atoms with E-state index in [1.165, 1.54) is 6.07 Å². The number of ketones is 4. The minimum Gasteiger partial charge on any atom is -0.507 e. The van der Waals surface area contributed by atoms with Gasteiger partial charge < -0.3 is 9.84 Å². The van der Waals surface area contributed by atoms with E-state index in [1.54, 1.807) is 24.3 Å². The molecule has 3 aliphatic rings. The molecule has 6 nitrogen and oxygen atoms in total. The number of hydrogen-bond acceptors (Lipinski definition) is 6. The molecule has 0 unspecified atom stereocenters. The summed E-state index contributed by atoms with van der Waals surface area (Å²) < 4.78 is 6.16. The van der Waals surface area contributed by atoms with Gasteiger partial charge in [-0.05, 0) is 64.2 Å². The zero-order valence-corrected chi connectivity index (χ0v) is 20.4. The number of ether oxygens (including phenoxy) is 1. The second-order valence-corrected chi connectivity index (χ2v) is 10.2. The van der Waals surface area contributed by atoms with E-state index in [0.717, 1.165) is 11.1 Å². The Morgan fingerprint density at radius 2 is 1.58 bits per heavy atom. The van der Waals surface area contributed by atoms with Crippen LogP contribution in [0.4, 0.5) is 0 Å². The highest BCUT2D eigenvalue weighted by molar-refractivity contribution is 6.52. The van der Waals surface area contributed by atoms with Crippen LogP contribution in [0.1, 0.15) is 77.4 Å². The lowest BCUT2D eigenvalue weighted by Gasteiger charge is -2.36. The average Bonchev–Trinajstić information content (AvgIpc) is 2.85. The number of Topliss-reactive ketones (excluding diaryl/α,β-unsaturated/α-hetero) is 4. The van der Waals surface area contributed by atoms with Crippen molar-refractivity contribution in [3.05, 3.63) is 93.1 Å². The number of benzene rings is 2. The summed E-state index contributed by atoms with van der Waals surface area (Å²) in [6.07, 6.45) is 3.64. The van der Waals surface area contributed by atoms with Crippen molar-refractivity contribution in [2.24, 2.45) is 0 Å². The van der Waals surface area contributed by atoms with Gasteiger partial charge in [0.05, 0.1) is 0 Å². The molecule has 2 aromatic carbocycles. The van der Waals surface area contributed by atoms with Gasteiger partial charge in [-0.25, -0.2) is 0 Å². The maximum atomic E-state index is 12.7. The Hall–Kier alpha value is -4.06. The fraction of sp³-hybridized carbons (Fsp3) is 0.267. The molecule has 36 heavy (non-hydrogen) atoms. The fourth-order valence-electron chi connectivity index (χ4n) is 4.99. The topological polar surface area (TPSA) is 97.7 Å². The molecule has 1 N–H and O–H groups in total. The van der Waals surface area contributed by atoms with E-state index < -0.39 is 28.7 Å². The second kappa shape index (κ2) is 8.55. The minimum absolute atomic E-state index is 0.0836. The largest absolute Gasteiger partial charge is 0.507 e. The molecule has 0 spiro atoms. The van der Waals surface area contributed by atoms with Gasteiger partial charge in [0.2, 0.25) is 23.1 Å². The monoisotopic (exact) mass is 482 g/mol. The van der Waals surface area contributed by atoms with Gasteiger partial charge in [-0.1, -0.05) is 42.0 Å². The minimum atomic E-state index is -0.691. The van der Waals surface area contributed by atoms with Crippen LogP contribution in [0.2, 0.25) is 0 Å². The van der Waals surface area contributed by atoms with Crippen LogP contribution < -0.4 is 0 Å². The highest BCUT2D eigenvalue weighted by atomic mass is 16.5. The molecule has 1 aliphatic heterocycles. The smallest absolute Gasteiger partial charge is 0.234 e. The zero-order chi connectivity index (χ0) is 25.8. The molecule has 0 saturated heterocycles. The van der Waals surface area contributed by atoms with Crippen molar-refractivity contribution in [1.82, 2.24) is 0 Å². The van der Waals surface area contributed by atoms with Crippen LogP contribution in [0, 0.1) is 0 Å². The van der Waals surface area contributed by atoms with E-state index in [2.05, 4.69) is 0 Å². The number of fused-ring (bicyclic) bond motifs is 3. The fourth-order valence-corrected chi connectivity index (χ4v) is 4.99. The van der Waals surface area contributed by atoms with E-state index in [9.17, 15) is 24.3 Å². The maximum Gasteiger partial charge on any atom is 0.234 e. The molecule has 0 bridgehead atoms. The van der Waals surface area contributed by atoms with Crippen LogP contribution in [0.15, 0.2) is 65.3 Å². The molecule has 0 fully saturated rings. The molecule has 0 saturated carbocycles. The molecule has 0 atom stereocenters. The first-order valence-electron chi connectivity index (χ1n) is 12.0. The Morgan fingerprint density at radius 1 is 0.917 bits per heavy atom. The van der Waals surface area contributed by atoms with Crippen molar-refractivity contribution < 1.29 is 29.0 Å². The first kappa shape index (κ1) is 23.7. The predicted molar refractivity (Wildman–Crippen MR) is 135 cm³/mol.